The van der Waals surface area contributed by atoms with E-state index in [1.54, 1.807) is 7.11 Å². The van der Waals surface area contributed by atoms with Crippen molar-refractivity contribution >= 4 is 5.97 Å². The van der Waals surface area contributed by atoms with Crippen LogP contribution in [0.25, 0.3) is 11.3 Å². The van der Waals surface area contributed by atoms with Crippen LogP contribution in [0.5, 0.6) is 11.5 Å². The SMILES string of the molecule is COc1cc(-c2cc(C(=O)O)[nH]n2)ccc1OC1CCCC1. The average molecular weight is 302 g/mol. The van der Waals surface area contributed by atoms with Crippen molar-refractivity contribution in [2.75, 3.05) is 7.11 Å². The van der Waals surface area contributed by atoms with Crippen LogP contribution in [0.1, 0.15) is 36.2 Å². The third-order valence-electron chi connectivity index (χ3n) is 3.86. The van der Waals surface area contributed by atoms with Gasteiger partial charge < -0.3 is 14.6 Å². The number of aromatic nitrogens is 2. The predicted molar refractivity (Wildman–Crippen MR) is 80.4 cm³/mol. The Labute approximate surface area is 128 Å². The van der Waals surface area contributed by atoms with Crippen molar-refractivity contribution in [1.82, 2.24) is 10.2 Å². The minimum Gasteiger partial charge on any atom is -0.493 e. The van der Waals surface area contributed by atoms with Gasteiger partial charge in [0.05, 0.1) is 18.9 Å². The normalized spacial score (nSPS) is 15.0. The molecule has 0 radical (unpaired) electrons. The molecule has 0 spiro atoms. The van der Waals surface area contributed by atoms with E-state index in [4.69, 9.17) is 14.6 Å². The monoisotopic (exact) mass is 302 g/mol. The molecule has 1 heterocycles. The fourth-order valence-corrected chi connectivity index (χ4v) is 2.69. The lowest BCUT2D eigenvalue weighted by Crippen LogP contribution is -2.11. The molecule has 0 atom stereocenters. The van der Waals surface area contributed by atoms with Gasteiger partial charge in [0.1, 0.15) is 5.69 Å². The first-order valence-electron chi connectivity index (χ1n) is 7.31. The summed E-state index contributed by atoms with van der Waals surface area (Å²) in [5.41, 5.74) is 1.39. The lowest BCUT2D eigenvalue weighted by Gasteiger charge is -2.16. The van der Waals surface area contributed by atoms with E-state index in [1.165, 1.54) is 18.9 Å². The van der Waals surface area contributed by atoms with Gasteiger partial charge in [-0.3, -0.25) is 5.10 Å². The minimum atomic E-state index is -1.04. The number of rotatable bonds is 5. The highest BCUT2D eigenvalue weighted by atomic mass is 16.5. The first kappa shape index (κ1) is 14.4. The summed E-state index contributed by atoms with van der Waals surface area (Å²) >= 11 is 0. The fourth-order valence-electron chi connectivity index (χ4n) is 2.69. The maximum atomic E-state index is 10.9. The number of aromatic amines is 1. The van der Waals surface area contributed by atoms with Gasteiger partial charge in [-0.05, 0) is 49.9 Å². The first-order chi connectivity index (χ1) is 10.7. The van der Waals surface area contributed by atoms with Gasteiger partial charge in [-0.15, -0.1) is 0 Å². The standard InChI is InChI=1S/C16H18N2O4/c1-21-15-8-10(12-9-13(16(19)20)18-17-12)6-7-14(15)22-11-4-2-3-5-11/h6-9,11H,2-5H2,1H3,(H,17,18)(H,19,20). The lowest BCUT2D eigenvalue weighted by atomic mass is 10.1. The number of carboxylic acids is 1. The summed E-state index contributed by atoms with van der Waals surface area (Å²) in [4.78, 5) is 10.9. The molecular weight excluding hydrogens is 284 g/mol. The second-order valence-electron chi connectivity index (χ2n) is 5.36. The number of methoxy groups -OCH3 is 1. The molecule has 6 nitrogen and oxygen atoms in total. The Morgan fingerprint density at radius 3 is 2.68 bits per heavy atom. The van der Waals surface area contributed by atoms with Gasteiger partial charge in [-0.2, -0.15) is 5.10 Å². The molecule has 0 bridgehead atoms. The molecule has 0 amide bonds. The molecule has 116 valence electrons. The number of hydrogen-bond donors (Lipinski definition) is 2. The van der Waals surface area contributed by atoms with E-state index >= 15 is 0 Å². The molecule has 6 heteroatoms. The Kier molecular flexibility index (Phi) is 4.00. The van der Waals surface area contributed by atoms with Gasteiger partial charge >= 0.3 is 5.97 Å². The summed E-state index contributed by atoms with van der Waals surface area (Å²) in [5, 5.41) is 15.4. The van der Waals surface area contributed by atoms with E-state index in [2.05, 4.69) is 10.2 Å². The largest absolute Gasteiger partial charge is 0.493 e. The molecule has 1 aromatic carbocycles. The van der Waals surface area contributed by atoms with Gasteiger partial charge in [-0.25, -0.2) is 4.79 Å². The number of benzene rings is 1. The van der Waals surface area contributed by atoms with Crippen molar-refractivity contribution in [3.05, 3.63) is 30.0 Å². The van der Waals surface area contributed by atoms with Crippen LogP contribution in [0, 0.1) is 0 Å². The summed E-state index contributed by atoms with van der Waals surface area (Å²) in [7, 11) is 1.59. The average Bonchev–Trinajstić information content (AvgIpc) is 3.18. The van der Waals surface area contributed by atoms with Crippen molar-refractivity contribution < 1.29 is 19.4 Å². The van der Waals surface area contributed by atoms with Crippen LogP contribution in [-0.2, 0) is 0 Å². The molecule has 1 fully saturated rings. The molecule has 2 aromatic rings. The van der Waals surface area contributed by atoms with Gasteiger partial charge in [0.15, 0.2) is 11.5 Å². The van der Waals surface area contributed by atoms with Crippen LogP contribution in [0.3, 0.4) is 0 Å². The molecule has 1 aliphatic carbocycles. The maximum Gasteiger partial charge on any atom is 0.353 e. The highest BCUT2D eigenvalue weighted by Gasteiger charge is 2.19. The van der Waals surface area contributed by atoms with Gasteiger partial charge in [0, 0.05) is 5.56 Å². The summed E-state index contributed by atoms with van der Waals surface area (Å²) in [5.74, 6) is 0.309. The van der Waals surface area contributed by atoms with Crippen molar-refractivity contribution in [3.8, 4) is 22.8 Å². The van der Waals surface area contributed by atoms with E-state index in [9.17, 15) is 4.79 Å². The number of aromatic carboxylic acids is 1. The predicted octanol–water partition coefficient (Wildman–Crippen LogP) is 3.10. The molecule has 0 saturated heterocycles. The number of H-pyrrole nitrogens is 1. The molecule has 1 saturated carbocycles. The van der Waals surface area contributed by atoms with Crippen molar-refractivity contribution in [3.63, 3.8) is 0 Å². The first-order valence-corrected chi connectivity index (χ1v) is 7.31. The van der Waals surface area contributed by atoms with Crippen molar-refractivity contribution in [1.29, 1.82) is 0 Å². The lowest BCUT2D eigenvalue weighted by molar-refractivity contribution is 0.0690. The van der Waals surface area contributed by atoms with Gasteiger partial charge in [0.2, 0.25) is 0 Å². The van der Waals surface area contributed by atoms with Crippen LogP contribution in [0.4, 0.5) is 0 Å². The van der Waals surface area contributed by atoms with Crippen LogP contribution in [0.2, 0.25) is 0 Å². The third kappa shape index (κ3) is 2.90. The zero-order valence-corrected chi connectivity index (χ0v) is 12.3. The second-order valence-corrected chi connectivity index (χ2v) is 5.36. The van der Waals surface area contributed by atoms with Gasteiger partial charge in [-0.1, -0.05) is 0 Å². The van der Waals surface area contributed by atoms with E-state index < -0.39 is 5.97 Å². The second kappa shape index (κ2) is 6.09. The van der Waals surface area contributed by atoms with E-state index in [1.807, 2.05) is 18.2 Å². The topological polar surface area (TPSA) is 84.4 Å². The molecule has 3 rings (SSSR count). The number of nitrogens with zero attached hydrogens (tertiary/aromatic N) is 1. The summed E-state index contributed by atoms with van der Waals surface area (Å²) in [6.45, 7) is 0. The molecule has 22 heavy (non-hydrogen) atoms. The Morgan fingerprint density at radius 2 is 2.05 bits per heavy atom. The number of carbonyl (C=O) groups is 1. The zero-order valence-electron chi connectivity index (χ0n) is 12.3. The molecule has 1 aliphatic rings. The number of hydrogen-bond acceptors (Lipinski definition) is 4. The third-order valence-corrected chi connectivity index (χ3v) is 3.86. The van der Waals surface area contributed by atoms with E-state index in [0.29, 0.717) is 17.2 Å². The van der Waals surface area contributed by atoms with Crippen molar-refractivity contribution in [2.24, 2.45) is 0 Å². The Bertz CT molecular complexity index is 675. The Morgan fingerprint density at radius 1 is 1.27 bits per heavy atom. The van der Waals surface area contributed by atoms with Crippen LogP contribution in [-0.4, -0.2) is 34.5 Å². The molecule has 2 N–H and O–H groups in total. The molecular formula is C16H18N2O4. The van der Waals surface area contributed by atoms with Crippen molar-refractivity contribution in [2.45, 2.75) is 31.8 Å². The van der Waals surface area contributed by atoms with E-state index in [-0.39, 0.29) is 11.8 Å². The molecule has 1 aromatic heterocycles. The minimum absolute atomic E-state index is 0.0558. The number of nitrogens with one attached hydrogen (secondary N) is 1. The quantitative estimate of drug-likeness (QED) is 0.886. The fraction of sp³-hybridized carbons (Fsp3) is 0.375. The van der Waals surface area contributed by atoms with E-state index in [0.717, 1.165) is 18.4 Å². The molecule has 0 unspecified atom stereocenters. The number of carboxylic acid groups (broad SMARTS) is 1. The van der Waals surface area contributed by atoms with Crippen LogP contribution < -0.4 is 9.47 Å². The summed E-state index contributed by atoms with van der Waals surface area (Å²) < 4.78 is 11.4. The Balaban J connectivity index is 1.85. The highest BCUT2D eigenvalue weighted by Crippen LogP contribution is 2.34. The van der Waals surface area contributed by atoms with Gasteiger partial charge in [0.25, 0.3) is 0 Å². The zero-order chi connectivity index (χ0) is 15.5. The summed E-state index contributed by atoms with van der Waals surface area (Å²) in [6, 6.07) is 7.01. The maximum absolute atomic E-state index is 10.9. The highest BCUT2D eigenvalue weighted by molar-refractivity contribution is 5.86. The van der Waals surface area contributed by atoms with Crippen LogP contribution >= 0.6 is 0 Å². The van der Waals surface area contributed by atoms with Crippen LogP contribution in [0.15, 0.2) is 24.3 Å². The Hall–Kier alpha value is -2.50. The smallest absolute Gasteiger partial charge is 0.353 e. The molecule has 0 aliphatic heterocycles. The number of ether oxygens (including phenoxy) is 2. The summed E-state index contributed by atoms with van der Waals surface area (Å²) in [6.07, 6.45) is 4.81.